The highest BCUT2D eigenvalue weighted by molar-refractivity contribution is 5.81. The molecule has 30 heavy (non-hydrogen) atoms. The maximum Gasteiger partial charge on any atom is 0.407 e. The molecule has 1 unspecified atom stereocenters. The van der Waals surface area contributed by atoms with E-state index in [1.54, 1.807) is 0 Å². The molecule has 0 bridgehead atoms. The summed E-state index contributed by atoms with van der Waals surface area (Å²) in [4.78, 5) is 30.3. The average Bonchev–Trinajstić information content (AvgIpc) is 2.95. The minimum Gasteiger partial charge on any atom is -0.444 e. The first-order valence-corrected chi connectivity index (χ1v) is 10.2. The van der Waals surface area contributed by atoms with Crippen molar-refractivity contribution >= 4 is 17.1 Å². The molecule has 8 nitrogen and oxygen atoms in total. The number of carbonyl (C=O) groups is 1. The van der Waals surface area contributed by atoms with Crippen molar-refractivity contribution in [1.29, 1.82) is 0 Å². The van der Waals surface area contributed by atoms with Crippen LogP contribution in [0.1, 0.15) is 39.2 Å². The van der Waals surface area contributed by atoms with E-state index < -0.39 is 23.1 Å². The Labute approximate surface area is 173 Å². The van der Waals surface area contributed by atoms with Gasteiger partial charge in [-0.3, -0.25) is 9.69 Å². The molecular weight excluding hydrogens is 391 g/mol. The van der Waals surface area contributed by atoms with Crippen LogP contribution in [0.15, 0.2) is 23.1 Å². The summed E-state index contributed by atoms with van der Waals surface area (Å²) < 4.78 is 21.4. The van der Waals surface area contributed by atoms with Crippen LogP contribution < -0.4 is 10.9 Å². The Morgan fingerprint density at radius 3 is 2.73 bits per heavy atom. The number of halogens is 1. The predicted octanol–water partition coefficient (Wildman–Crippen LogP) is 1.73. The number of aromatic nitrogens is 2. The van der Waals surface area contributed by atoms with Crippen molar-refractivity contribution in [3.63, 3.8) is 0 Å². The van der Waals surface area contributed by atoms with Crippen LogP contribution in [0.5, 0.6) is 0 Å². The van der Waals surface area contributed by atoms with Gasteiger partial charge in [0, 0.05) is 31.2 Å². The van der Waals surface area contributed by atoms with Crippen LogP contribution in [0, 0.1) is 5.82 Å². The van der Waals surface area contributed by atoms with Crippen LogP contribution in [0.2, 0.25) is 0 Å². The fraction of sp³-hybridized carbons (Fsp3) is 0.571. The highest BCUT2D eigenvalue weighted by Crippen LogP contribution is 2.38. The first kappa shape index (κ1) is 20.7. The molecule has 0 spiro atoms. The number of carbonyl (C=O) groups excluding carboxylic acids is 1. The summed E-state index contributed by atoms with van der Waals surface area (Å²) in [7, 11) is 0. The summed E-state index contributed by atoms with van der Waals surface area (Å²) in [6, 6.07) is 2.79. The largest absolute Gasteiger partial charge is 0.444 e. The predicted molar refractivity (Wildman–Crippen MR) is 109 cm³/mol. The molecule has 9 heteroatoms. The Bertz CT molecular complexity index is 1040. The van der Waals surface area contributed by atoms with Gasteiger partial charge in [0.15, 0.2) is 0 Å². The monoisotopic (exact) mass is 418 g/mol. The number of benzene rings is 1. The molecule has 3 heterocycles. The van der Waals surface area contributed by atoms with E-state index in [1.165, 1.54) is 22.9 Å². The second-order valence-electron chi connectivity index (χ2n) is 9.20. The highest BCUT2D eigenvalue weighted by atomic mass is 19.1. The number of piperidine rings is 1. The van der Waals surface area contributed by atoms with E-state index in [0.29, 0.717) is 37.0 Å². The Balaban J connectivity index is 1.45. The smallest absolute Gasteiger partial charge is 0.407 e. The number of nitrogens with one attached hydrogen (secondary N) is 1. The third-order valence-corrected chi connectivity index (χ3v) is 5.63. The number of alkyl carbamates (subject to hydrolysis) is 1. The van der Waals surface area contributed by atoms with Crippen molar-refractivity contribution < 1.29 is 19.0 Å². The molecule has 0 radical (unpaired) electrons. The van der Waals surface area contributed by atoms with Gasteiger partial charge in [0.1, 0.15) is 17.0 Å². The first-order chi connectivity index (χ1) is 14.1. The van der Waals surface area contributed by atoms with Gasteiger partial charge in [0.2, 0.25) is 0 Å². The summed E-state index contributed by atoms with van der Waals surface area (Å²) in [5.74, 6) is -0.537. The molecule has 2 aliphatic rings. The van der Waals surface area contributed by atoms with Gasteiger partial charge in [-0.2, -0.15) is 0 Å². The summed E-state index contributed by atoms with van der Waals surface area (Å²) in [5, 5.41) is 14.2. The molecule has 1 amide bonds. The van der Waals surface area contributed by atoms with E-state index in [1.807, 2.05) is 25.7 Å². The Kier molecular flexibility index (Phi) is 5.06. The van der Waals surface area contributed by atoms with Crippen LogP contribution in [0.4, 0.5) is 9.18 Å². The molecular formula is C21H27FN4O4. The van der Waals surface area contributed by atoms with Gasteiger partial charge in [0.25, 0.3) is 5.56 Å². The van der Waals surface area contributed by atoms with Gasteiger partial charge < -0.3 is 19.7 Å². The molecule has 1 fully saturated rings. The topological polar surface area (TPSA) is 96.7 Å². The normalized spacial score (nSPS) is 22.4. The molecule has 0 aliphatic carbocycles. The molecule has 2 N–H and O–H groups in total. The van der Waals surface area contributed by atoms with Crippen molar-refractivity contribution in [3.8, 4) is 0 Å². The number of aliphatic hydroxyl groups is 1. The Hall–Kier alpha value is -2.52. The lowest BCUT2D eigenvalue weighted by Gasteiger charge is -2.37. The van der Waals surface area contributed by atoms with E-state index >= 15 is 0 Å². The fourth-order valence-electron chi connectivity index (χ4n) is 4.39. The number of nitrogens with zero attached hydrogens (tertiary/aromatic N) is 3. The van der Waals surface area contributed by atoms with Gasteiger partial charge in [-0.05, 0) is 45.7 Å². The van der Waals surface area contributed by atoms with Crippen LogP contribution >= 0.6 is 0 Å². The molecule has 0 saturated carbocycles. The van der Waals surface area contributed by atoms with E-state index in [9.17, 15) is 19.1 Å². The molecule has 1 aromatic carbocycles. The lowest BCUT2D eigenvalue weighted by Crippen LogP contribution is -2.50. The maximum absolute atomic E-state index is 14.7. The maximum atomic E-state index is 14.7. The number of β-amino-alcohol motifs (C(OH)–C–C–N with tert-alkyl or cyclic N) is 1. The third kappa shape index (κ3) is 3.91. The number of amides is 1. The number of hydrogen-bond acceptors (Lipinski definition) is 6. The summed E-state index contributed by atoms with van der Waals surface area (Å²) in [6.07, 6.45) is 2.14. The van der Waals surface area contributed by atoms with Gasteiger partial charge in [-0.15, -0.1) is 0 Å². The van der Waals surface area contributed by atoms with Crippen LogP contribution in [-0.2, 0) is 16.9 Å². The van der Waals surface area contributed by atoms with E-state index in [2.05, 4.69) is 10.3 Å². The van der Waals surface area contributed by atoms with Crippen LogP contribution in [0.3, 0.4) is 0 Å². The third-order valence-electron chi connectivity index (χ3n) is 5.63. The molecule has 4 rings (SSSR count). The quantitative estimate of drug-likeness (QED) is 0.788. The standard InChI is InChI=1S/C21H27FN4O4/c1-20(2,3)30-19(28)24-13-6-8-25(9-7-13)11-21(29)12-26-16(27)10-23-15-5-4-14(22)17(21)18(15)26/h4-5,10,13,29H,6-9,11-12H2,1-3H3,(H,24,28). The number of ether oxygens (including phenoxy) is 1. The van der Waals surface area contributed by atoms with Gasteiger partial charge in [-0.25, -0.2) is 14.2 Å². The van der Waals surface area contributed by atoms with Crippen LogP contribution in [0.25, 0.3) is 11.0 Å². The lowest BCUT2D eigenvalue weighted by atomic mass is 9.93. The minimum atomic E-state index is -1.51. The molecule has 162 valence electrons. The van der Waals surface area contributed by atoms with Crippen molar-refractivity contribution in [2.24, 2.45) is 0 Å². The second kappa shape index (κ2) is 7.31. The number of likely N-dealkylation sites (tertiary alicyclic amines) is 1. The SMILES string of the molecule is CC(C)(C)OC(=O)NC1CCN(CC2(O)Cn3c(=O)cnc4ccc(F)c2c43)CC1. The van der Waals surface area contributed by atoms with Crippen molar-refractivity contribution in [3.05, 3.63) is 40.1 Å². The number of rotatable bonds is 3. The highest BCUT2D eigenvalue weighted by Gasteiger charge is 2.43. The molecule has 1 saturated heterocycles. The fourth-order valence-corrected chi connectivity index (χ4v) is 4.39. The molecule has 1 aromatic heterocycles. The first-order valence-electron chi connectivity index (χ1n) is 10.2. The molecule has 2 aromatic rings. The van der Waals surface area contributed by atoms with Crippen molar-refractivity contribution in [2.45, 2.75) is 57.4 Å². The van der Waals surface area contributed by atoms with Crippen molar-refractivity contribution in [2.75, 3.05) is 19.6 Å². The summed E-state index contributed by atoms with van der Waals surface area (Å²) >= 11 is 0. The Morgan fingerprint density at radius 2 is 2.07 bits per heavy atom. The van der Waals surface area contributed by atoms with Crippen LogP contribution in [-0.4, -0.2) is 56.9 Å². The zero-order valence-corrected chi connectivity index (χ0v) is 17.4. The van der Waals surface area contributed by atoms with Gasteiger partial charge in [-0.1, -0.05) is 0 Å². The Morgan fingerprint density at radius 1 is 1.37 bits per heavy atom. The second-order valence-corrected chi connectivity index (χ2v) is 9.20. The minimum absolute atomic E-state index is 0.00277. The molecule has 1 atom stereocenters. The average molecular weight is 418 g/mol. The van der Waals surface area contributed by atoms with E-state index in [0.717, 1.165) is 0 Å². The zero-order chi connectivity index (χ0) is 21.7. The zero-order valence-electron chi connectivity index (χ0n) is 17.4. The number of hydrogen-bond donors (Lipinski definition) is 2. The molecule has 2 aliphatic heterocycles. The summed E-state index contributed by atoms with van der Waals surface area (Å²) in [6.45, 7) is 6.90. The van der Waals surface area contributed by atoms with E-state index in [-0.39, 0.29) is 30.3 Å². The van der Waals surface area contributed by atoms with Gasteiger partial charge >= 0.3 is 6.09 Å². The van der Waals surface area contributed by atoms with Gasteiger partial charge in [0.05, 0.1) is 23.8 Å². The van der Waals surface area contributed by atoms with Crippen molar-refractivity contribution in [1.82, 2.24) is 19.8 Å². The van der Waals surface area contributed by atoms with E-state index in [4.69, 9.17) is 4.74 Å². The summed E-state index contributed by atoms with van der Waals surface area (Å²) in [5.41, 5.74) is -1.42. The lowest BCUT2D eigenvalue weighted by molar-refractivity contribution is -0.0165.